The van der Waals surface area contributed by atoms with Crippen LogP contribution in [-0.2, 0) is 0 Å². The van der Waals surface area contributed by atoms with Crippen LogP contribution in [0.25, 0.3) is 28.2 Å². The van der Waals surface area contributed by atoms with Crippen molar-refractivity contribution in [3.63, 3.8) is 0 Å². The lowest BCUT2D eigenvalue weighted by atomic mass is 10.1. The summed E-state index contributed by atoms with van der Waals surface area (Å²) in [5.41, 5.74) is 10.0. The van der Waals surface area contributed by atoms with Crippen LogP contribution < -0.4 is 5.73 Å². The van der Waals surface area contributed by atoms with E-state index in [-0.39, 0.29) is 5.75 Å². The van der Waals surface area contributed by atoms with E-state index >= 15 is 0 Å². The molecule has 0 atom stereocenters. The molecule has 4 heteroatoms. The zero-order valence-electron chi connectivity index (χ0n) is 12.3. The number of anilines is 1. The zero-order chi connectivity index (χ0) is 15.8. The molecular weight excluding hydrogens is 286 g/mol. The van der Waals surface area contributed by atoms with Crippen LogP contribution >= 0.6 is 0 Å². The van der Waals surface area contributed by atoms with Gasteiger partial charge in [0, 0.05) is 23.0 Å². The second-order valence-corrected chi connectivity index (χ2v) is 5.34. The highest BCUT2D eigenvalue weighted by Crippen LogP contribution is 2.35. The molecule has 2 aromatic heterocycles. The fraction of sp³-hybridized carbons (Fsp3) is 0. The third kappa shape index (κ3) is 2.12. The Morgan fingerprint density at radius 3 is 2.30 bits per heavy atom. The van der Waals surface area contributed by atoms with Crippen molar-refractivity contribution in [1.29, 1.82) is 0 Å². The van der Waals surface area contributed by atoms with E-state index in [0.29, 0.717) is 11.3 Å². The Balaban J connectivity index is 2.06. The van der Waals surface area contributed by atoms with Crippen LogP contribution in [0.15, 0.2) is 72.9 Å². The number of phenolic OH excluding ortho intramolecular Hbond substituents is 1. The number of nitrogen functional groups attached to an aromatic ring is 1. The molecule has 0 aliphatic carbocycles. The highest BCUT2D eigenvalue weighted by Gasteiger charge is 2.17. The molecular formula is C19H15N3O. The van der Waals surface area contributed by atoms with Crippen LogP contribution in [0.4, 0.5) is 5.69 Å². The summed E-state index contributed by atoms with van der Waals surface area (Å²) in [6.45, 7) is 0. The van der Waals surface area contributed by atoms with Gasteiger partial charge in [0.05, 0.1) is 5.52 Å². The van der Waals surface area contributed by atoms with Crippen molar-refractivity contribution >= 4 is 11.2 Å². The average molecular weight is 301 g/mol. The molecule has 0 amide bonds. The number of aromatic hydroxyl groups is 1. The van der Waals surface area contributed by atoms with Crippen molar-refractivity contribution < 1.29 is 5.11 Å². The van der Waals surface area contributed by atoms with E-state index in [4.69, 9.17) is 10.7 Å². The van der Waals surface area contributed by atoms with E-state index in [2.05, 4.69) is 0 Å². The van der Waals surface area contributed by atoms with Gasteiger partial charge >= 0.3 is 0 Å². The third-order valence-electron chi connectivity index (χ3n) is 3.91. The average Bonchev–Trinajstić information content (AvgIpc) is 2.95. The molecule has 4 rings (SSSR count). The number of benzene rings is 2. The molecule has 0 bridgehead atoms. The lowest BCUT2D eigenvalue weighted by molar-refractivity contribution is 0.477. The van der Waals surface area contributed by atoms with Gasteiger partial charge in [0.2, 0.25) is 0 Å². The molecule has 2 heterocycles. The lowest BCUT2D eigenvalue weighted by Gasteiger charge is -2.03. The van der Waals surface area contributed by atoms with Crippen LogP contribution in [0, 0.1) is 0 Å². The number of nitrogens with zero attached hydrogens (tertiary/aromatic N) is 2. The molecule has 112 valence electrons. The van der Waals surface area contributed by atoms with Crippen LogP contribution in [-0.4, -0.2) is 14.5 Å². The summed E-state index contributed by atoms with van der Waals surface area (Å²) in [6, 6.07) is 20.8. The predicted octanol–water partition coefficient (Wildman–Crippen LogP) is 3.96. The minimum Gasteiger partial charge on any atom is -0.507 e. The number of imidazole rings is 1. The standard InChI is InChI=1S/C19H15N3O/c20-15-9-3-1-7-13(15)19-21-18(14-8-2-4-11-17(14)23)16-10-5-6-12-22(16)19/h1-12,23H,20H2. The topological polar surface area (TPSA) is 63.5 Å². The lowest BCUT2D eigenvalue weighted by Crippen LogP contribution is -1.93. The Morgan fingerprint density at radius 1 is 0.826 bits per heavy atom. The van der Waals surface area contributed by atoms with Crippen LogP contribution in [0.5, 0.6) is 5.75 Å². The van der Waals surface area contributed by atoms with Crippen LogP contribution in [0.2, 0.25) is 0 Å². The Bertz CT molecular complexity index is 925. The van der Waals surface area contributed by atoms with Crippen molar-refractivity contribution in [3.8, 4) is 28.4 Å². The molecule has 0 aliphatic rings. The number of pyridine rings is 1. The number of aromatic nitrogens is 2. The highest BCUT2D eigenvalue weighted by atomic mass is 16.3. The van der Waals surface area contributed by atoms with Crippen molar-refractivity contribution in [2.75, 3.05) is 5.73 Å². The molecule has 0 radical (unpaired) electrons. The van der Waals surface area contributed by atoms with Gasteiger partial charge in [0.1, 0.15) is 17.3 Å². The molecule has 3 N–H and O–H groups in total. The minimum atomic E-state index is 0.212. The highest BCUT2D eigenvalue weighted by molar-refractivity contribution is 5.85. The fourth-order valence-corrected chi connectivity index (χ4v) is 2.80. The number of para-hydroxylation sites is 2. The fourth-order valence-electron chi connectivity index (χ4n) is 2.80. The zero-order valence-corrected chi connectivity index (χ0v) is 12.3. The Kier molecular flexibility index (Phi) is 3.01. The van der Waals surface area contributed by atoms with Crippen molar-refractivity contribution in [2.24, 2.45) is 0 Å². The number of rotatable bonds is 2. The summed E-state index contributed by atoms with van der Waals surface area (Å²) in [4.78, 5) is 4.77. The van der Waals surface area contributed by atoms with E-state index < -0.39 is 0 Å². The molecule has 4 aromatic rings. The summed E-state index contributed by atoms with van der Waals surface area (Å²) in [5.74, 6) is 0.973. The van der Waals surface area contributed by atoms with Gasteiger partial charge in [-0.3, -0.25) is 4.40 Å². The summed E-state index contributed by atoms with van der Waals surface area (Å²) in [7, 11) is 0. The molecule has 0 saturated heterocycles. The summed E-state index contributed by atoms with van der Waals surface area (Å²) in [5, 5.41) is 10.2. The first kappa shape index (κ1) is 13.4. The van der Waals surface area contributed by atoms with E-state index in [9.17, 15) is 5.11 Å². The number of hydrogen-bond donors (Lipinski definition) is 2. The second kappa shape index (κ2) is 5.18. The van der Waals surface area contributed by atoms with Crippen LogP contribution in [0.1, 0.15) is 0 Å². The predicted molar refractivity (Wildman–Crippen MR) is 92.1 cm³/mol. The van der Waals surface area contributed by atoms with E-state index in [0.717, 1.165) is 22.6 Å². The second-order valence-electron chi connectivity index (χ2n) is 5.34. The summed E-state index contributed by atoms with van der Waals surface area (Å²) < 4.78 is 1.99. The Labute approximate surface area is 133 Å². The van der Waals surface area contributed by atoms with E-state index in [1.807, 2.05) is 65.2 Å². The summed E-state index contributed by atoms with van der Waals surface area (Å²) >= 11 is 0. The number of fused-ring (bicyclic) bond motifs is 1. The monoisotopic (exact) mass is 301 g/mol. The number of nitrogens with two attached hydrogens (primary N) is 1. The first-order chi connectivity index (χ1) is 11.3. The Morgan fingerprint density at radius 2 is 1.52 bits per heavy atom. The maximum absolute atomic E-state index is 10.2. The van der Waals surface area contributed by atoms with E-state index in [1.54, 1.807) is 12.1 Å². The van der Waals surface area contributed by atoms with Gasteiger partial charge in [-0.05, 0) is 36.4 Å². The first-order valence-corrected chi connectivity index (χ1v) is 7.36. The smallest absolute Gasteiger partial charge is 0.147 e. The number of hydrogen-bond acceptors (Lipinski definition) is 3. The van der Waals surface area contributed by atoms with Gasteiger partial charge in [0.25, 0.3) is 0 Å². The number of phenols is 1. The normalized spacial score (nSPS) is 11.0. The molecule has 0 aliphatic heterocycles. The third-order valence-corrected chi connectivity index (χ3v) is 3.91. The molecule has 2 aromatic carbocycles. The largest absolute Gasteiger partial charge is 0.507 e. The van der Waals surface area contributed by atoms with Gasteiger partial charge in [-0.1, -0.05) is 30.3 Å². The Hall–Kier alpha value is -3.27. The molecule has 0 fully saturated rings. The maximum Gasteiger partial charge on any atom is 0.147 e. The first-order valence-electron chi connectivity index (χ1n) is 7.36. The molecule has 0 spiro atoms. The van der Waals surface area contributed by atoms with Gasteiger partial charge in [0.15, 0.2) is 0 Å². The molecule has 0 unspecified atom stereocenters. The quantitative estimate of drug-likeness (QED) is 0.551. The molecule has 4 nitrogen and oxygen atoms in total. The molecule has 0 saturated carbocycles. The van der Waals surface area contributed by atoms with Gasteiger partial charge in [-0.2, -0.15) is 0 Å². The van der Waals surface area contributed by atoms with Gasteiger partial charge in [-0.25, -0.2) is 4.98 Å². The van der Waals surface area contributed by atoms with Gasteiger partial charge in [-0.15, -0.1) is 0 Å². The summed E-state index contributed by atoms with van der Waals surface area (Å²) in [6.07, 6.45) is 1.95. The molecule has 23 heavy (non-hydrogen) atoms. The maximum atomic E-state index is 10.2. The van der Waals surface area contributed by atoms with Gasteiger partial charge < -0.3 is 10.8 Å². The SMILES string of the molecule is Nc1ccccc1-c1nc(-c2ccccc2O)c2ccccn12. The van der Waals surface area contributed by atoms with E-state index in [1.165, 1.54) is 0 Å². The van der Waals surface area contributed by atoms with Crippen LogP contribution in [0.3, 0.4) is 0 Å². The van der Waals surface area contributed by atoms with Crippen molar-refractivity contribution in [3.05, 3.63) is 72.9 Å². The minimum absolute atomic E-state index is 0.212. The van der Waals surface area contributed by atoms with Crippen molar-refractivity contribution in [1.82, 2.24) is 9.38 Å². The van der Waals surface area contributed by atoms with Crippen molar-refractivity contribution in [2.45, 2.75) is 0 Å².